The van der Waals surface area contributed by atoms with Gasteiger partial charge in [-0.15, -0.1) is 0 Å². The van der Waals surface area contributed by atoms with Crippen molar-refractivity contribution < 1.29 is 0 Å². The van der Waals surface area contributed by atoms with E-state index in [9.17, 15) is 0 Å². The highest BCUT2D eigenvalue weighted by atomic mass is 28.1. The molecule has 0 spiro atoms. The summed E-state index contributed by atoms with van der Waals surface area (Å²) in [6.45, 7) is 6.75. The number of hydrogen-bond donors (Lipinski definition) is 0. The van der Waals surface area contributed by atoms with Gasteiger partial charge in [0.1, 0.15) is 0 Å². The van der Waals surface area contributed by atoms with Crippen molar-refractivity contribution >= 4 is 10.2 Å². The highest BCUT2D eigenvalue weighted by Crippen LogP contribution is 2.13. The summed E-state index contributed by atoms with van der Waals surface area (Å²) in [7, 11) is 7.31. The minimum Gasteiger partial charge on any atom is -0.312 e. The molecule has 0 aliphatic carbocycles. The zero-order valence-electron chi connectivity index (χ0n) is 7.95. The van der Waals surface area contributed by atoms with E-state index < -0.39 is 0 Å². The van der Waals surface area contributed by atoms with E-state index in [1.807, 2.05) is 26.0 Å². The van der Waals surface area contributed by atoms with Crippen molar-refractivity contribution in [3.05, 3.63) is 0 Å². The van der Waals surface area contributed by atoms with Gasteiger partial charge in [0.15, 0.2) is 0 Å². The van der Waals surface area contributed by atoms with E-state index in [2.05, 4.69) is 20.8 Å². The SMILES string of the molecule is CC(C)(C)[SiH3].CN(C)C. The van der Waals surface area contributed by atoms with Crippen molar-refractivity contribution in [3.8, 4) is 0 Å². The lowest BCUT2D eigenvalue weighted by atomic mass is 10.3. The van der Waals surface area contributed by atoms with Gasteiger partial charge < -0.3 is 4.90 Å². The molecular weight excluding hydrogens is 126 g/mol. The monoisotopic (exact) mass is 147 g/mol. The Morgan fingerprint density at radius 3 is 1.00 bits per heavy atom. The molecule has 2 heteroatoms. The first kappa shape index (κ1) is 11.9. The van der Waals surface area contributed by atoms with E-state index in [0.717, 1.165) is 0 Å². The predicted molar refractivity (Wildman–Crippen MR) is 49.3 cm³/mol. The quantitative estimate of drug-likeness (QED) is 0.457. The van der Waals surface area contributed by atoms with E-state index in [4.69, 9.17) is 0 Å². The van der Waals surface area contributed by atoms with Gasteiger partial charge in [-0.1, -0.05) is 25.8 Å². The lowest BCUT2D eigenvalue weighted by Crippen LogP contribution is -1.99. The van der Waals surface area contributed by atoms with Gasteiger partial charge in [-0.05, 0) is 21.1 Å². The molecule has 0 N–H and O–H groups in total. The van der Waals surface area contributed by atoms with E-state index in [0.29, 0.717) is 5.04 Å². The van der Waals surface area contributed by atoms with Gasteiger partial charge >= 0.3 is 0 Å². The van der Waals surface area contributed by atoms with Crippen molar-refractivity contribution in [2.75, 3.05) is 21.1 Å². The van der Waals surface area contributed by atoms with Gasteiger partial charge in [-0.3, -0.25) is 0 Å². The summed E-state index contributed by atoms with van der Waals surface area (Å²) in [6, 6.07) is 0. The fraction of sp³-hybridized carbons (Fsp3) is 1.00. The summed E-state index contributed by atoms with van der Waals surface area (Å²) >= 11 is 0. The molecule has 1 nitrogen and oxygen atoms in total. The molecule has 0 amide bonds. The summed E-state index contributed by atoms with van der Waals surface area (Å²) in [5, 5.41) is 0.639. The third-order valence-electron chi connectivity index (χ3n) is 0. The Bertz CT molecular complexity index is 45.7. The second-order valence-corrected chi connectivity index (χ2v) is 7.34. The lowest BCUT2D eigenvalue weighted by Gasteiger charge is -2.05. The van der Waals surface area contributed by atoms with E-state index in [-0.39, 0.29) is 0 Å². The van der Waals surface area contributed by atoms with Crippen molar-refractivity contribution in [2.24, 2.45) is 0 Å². The van der Waals surface area contributed by atoms with Crippen LogP contribution in [0.3, 0.4) is 0 Å². The molecule has 0 saturated carbocycles. The van der Waals surface area contributed by atoms with Crippen LogP contribution >= 0.6 is 0 Å². The third kappa shape index (κ3) is 9970. The maximum absolute atomic E-state index is 2.25. The van der Waals surface area contributed by atoms with Crippen LogP contribution in [0.2, 0.25) is 5.04 Å². The van der Waals surface area contributed by atoms with E-state index >= 15 is 0 Å². The molecule has 0 rings (SSSR count). The Balaban J connectivity index is 0. The highest BCUT2D eigenvalue weighted by molar-refractivity contribution is 6.14. The first-order valence-electron chi connectivity index (χ1n) is 3.34. The van der Waals surface area contributed by atoms with Gasteiger partial charge in [0.2, 0.25) is 0 Å². The van der Waals surface area contributed by atoms with Crippen LogP contribution in [0.25, 0.3) is 0 Å². The molecule has 9 heavy (non-hydrogen) atoms. The fourth-order valence-corrected chi connectivity index (χ4v) is 0. The fourth-order valence-electron chi connectivity index (χ4n) is 0. The van der Waals surface area contributed by atoms with Gasteiger partial charge in [0.05, 0.1) is 0 Å². The summed E-state index contributed by atoms with van der Waals surface area (Å²) in [5.41, 5.74) is 0. The average Bonchev–Trinajstić information content (AvgIpc) is 1.19. The van der Waals surface area contributed by atoms with Gasteiger partial charge in [0.25, 0.3) is 0 Å². The Labute approximate surface area is 62.9 Å². The molecule has 0 saturated heterocycles. The molecular formula is C7H21NSi. The second kappa shape index (κ2) is 5.00. The first-order chi connectivity index (χ1) is 3.73. The predicted octanol–water partition coefficient (Wildman–Crippen LogP) is 0.748. The maximum Gasteiger partial charge on any atom is 0.00959 e. The Morgan fingerprint density at radius 1 is 1.00 bits per heavy atom. The maximum atomic E-state index is 2.25. The van der Waals surface area contributed by atoms with Crippen LogP contribution in [0, 0.1) is 0 Å². The second-order valence-electron chi connectivity index (χ2n) is 4.34. The van der Waals surface area contributed by atoms with Crippen LogP contribution in [-0.4, -0.2) is 36.3 Å². The minimum absolute atomic E-state index is 0.639. The van der Waals surface area contributed by atoms with Gasteiger partial charge in [-0.2, -0.15) is 0 Å². The summed E-state index contributed by atoms with van der Waals surface area (Å²) in [6.07, 6.45) is 0. The highest BCUT2D eigenvalue weighted by Gasteiger charge is 1.95. The molecule has 0 aromatic rings. The molecule has 0 bridgehead atoms. The van der Waals surface area contributed by atoms with Crippen molar-refractivity contribution in [3.63, 3.8) is 0 Å². The molecule has 0 radical (unpaired) electrons. The van der Waals surface area contributed by atoms with Crippen LogP contribution < -0.4 is 0 Å². The molecule has 0 unspecified atom stereocenters. The normalized spacial score (nSPS) is 11.0. The minimum atomic E-state index is 0.639. The Morgan fingerprint density at radius 2 is 1.00 bits per heavy atom. The van der Waals surface area contributed by atoms with Crippen LogP contribution in [-0.2, 0) is 0 Å². The molecule has 0 fully saturated rings. The van der Waals surface area contributed by atoms with Gasteiger partial charge in [0, 0.05) is 10.2 Å². The standard InChI is InChI=1S/C4H12Si.C3H9N/c1-4(2,3)5;1-4(2)3/h1-3,5H3;1-3H3. The number of nitrogens with zero attached hydrogens (tertiary/aromatic N) is 1. The molecule has 0 heterocycles. The summed E-state index contributed by atoms with van der Waals surface area (Å²) in [4.78, 5) is 2.00. The Kier molecular flexibility index (Phi) is 6.62. The summed E-state index contributed by atoms with van der Waals surface area (Å²) in [5.74, 6) is 0. The van der Waals surface area contributed by atoms with Crippen LogP contribution in [0.4, 0.5) is 0 Å². The van der Waals surface area contributed by atoms with Crippen molar-refractivity contribution in [1.29, 1.82) is 0 Å². The topological polar surface area (TPSA) is 3.24 Å². The van der Waals surface area contributed by atoms with E-state index in [1.165, 1.54) is 10.2 Å². The first-order valence-corrected chi connectivity index (χ1v) is 4.34. The average molecular weight is 147 g/mol. The molecule has 0 aromatic carbocycles. The number of hydrogen-bond acceptors (Lipinski definition) is 1. The van der Waals surface area contributed by atoms with E-state index in [1.54, 1.807) is 0 Å². The Hall–Kier alpha value is 0.177. The largest absolute Gasteiger partial charge is 0.312 e. The third-order valence-corrected chi connectivity index (χ3v) is 0. The van der Waals surface area contributed by atoms with Gasteiger partial charge in [-0.25, -0.2) is 0 Å². The molecule has 58 valence electrons. The van der Waals surface area contributed by atoms with Crippen LogP contribution in [0.5, 0.6) is 0 Å². The molecule has 0 atom stereocenters. The summed E-state index contributed by atoms with van der Waals surface area (Å²) < 4.78 is 0. The van der Waals surface area contributed by atoms with Crippen molar-refractivity contribution in [1.82, 2.24) is 4.90 Å². The molecule has 0 aliphatic heterocycles. The molecule has 0 aromatic heterocycles. The van der Waals surface area contributed by atoms with Crippen LogP contribution in [0.1, 0.15) is 20.8 Å². The molecule has 0 aliphatic rings. The van der Waals surface area contributed by atoms with Crippen molar-refractivity contribution in [2.45, 2.75) is 25.8 Å². The van der Waals surface area contributed by atoms with Crippen LogP contribution in [0.15, 0.2) is 0 Å². The lowest BCUT2D eigenvalue weighted by molar-refractivity contribution is 0.505. The zero-order valence-corrected chi connectivity index (χ0v) is 9.95. The number of rotatable bonds is 0. The zero-order chi connectivity index (χ0) is 8.08. The smallest absolute Gasteiger partial charge is 0.00959 e.